The minimum atomic E-state index is -0.508. The van der Waals surface area contributed by atoms with Gasteiger partial charge < -0.3 is 15.4 Å². The maximum Gasteiger partial charge on any atom is 0.319 e. The van der Waals surface area contributed by atoms with Crippen molar-refractivity contribution in [1.82, 2.24) is 5.32 Å². The fourth-order valence-corrected chi connectivity index (χ4v) is 2.51. The SMILES string of the molecule is O=C(NCCCOC1CCCC1)Nc1ccc(F)c(Cl)c1. The number of hydrogen-bond acceptors (Lipinski definition) is 2. The molecule has 6 heteroatoms. The van der Waals surface area contributed by atoms with E-state index < -0.39 is 5.82 Å². The van der Waals surface area contributed by atoms with E-state index in [0.717, 1.165) is 19.3 Å². The predicted octanol–water partition coefficient (Wildman–Crippen LogP) is 3.95. The van der Waals surface area contributed by atoms with Gasteiger partial charge >= 0.3 is 6.03 Å². The summed E-state index contributed by atoms with van der Waals surface area (Å²) in [5.41, 5.74) is 0.459. The van der Waals surface area contributed by atoms with Crippen LogP contribution < -0.4 is 10.6 Å². The second-order valence-electron chi connectivity index (χ2n) is 5.14. The lowest BCUT2D eigenvalue weighted by molar-refractivity contribution is 0.0572. The first-order valence-corrected chi connectivity index (χ1v) is 7.64. The molecule has 2 N–H and O–H groups in total. The summed E-state index contributed by atoms with van der Waals surface area (Å²) in [6.07, 6.45) is 5.99. The largest absolute Gasteiger partial charge is 0.378 e. The van der Waals surface area contributed by atoms with Crippen LogP contribution in [0.3, 0.4) is 0 Å². The van der Waals surface area contributed by atoms with Crippen LogP contribution in [-0.2, 0) is 4.74 Å². The van der Waals surface area contributed by atoms with Gasteiger partial charge in [-0.2, -0.15) is 0 Å². The average molecular weight is 315 g/mol. The number of amides is 2. The van der Waals surface area contributed by atoms with Gasteiger partial charge in [0.25, 0.3) is 0 Å². The van der Waals surface area contributed by atoms with E-state index in [0.29, 0.717) is 24.9 Å². The average Bonchev–Trinajstić information content (AvgIpc) is 2.96. The van der Waals surface area contributed by atoms with Crippen LogP contribution in [0.15, 0.2) is 18.2 Å². The first-order valence-electron chi connectivity index (χ1n) is 7.26. The highest BCUT2D eigenvalue weighted by Gasteiger charge is 2.14. The molecule has 1 saturated carbocycles. The van der Waals surface area contributed by atoms with Gasteiger partial charge in [-0.25, -0.2) is 9.18 Å². The molecule has 4 nitrogen and oxygen atoms in total. The van der Waals surface area contributed by atoms with Crippen molar-refractivity contribution in [2.75, 3.05) is 18.5 Å². The molecule has 0 atom stereocenters. The van der Waals surface area contributed by atoms with E-state index in [2.05, 4.69) is 10.6 Å². The quantitative estimate of drug-likeness (QED) is 0.781. The Labute approximate surface area is 129 Å². The Kier molecular flexibility index (Phi) is 6.26. The van der Waals surface area contributed by atoms with E-state index in [1.54, 1.807) is 0 Å². The Balaban J connectivity index is 1.59. The van der Waals surface area contributed by atoms with Crippen molar-refractivity contribution in [3.8, 4) is 0 Å². The van der Waals surface area contributed by atoms with Gasteiger partial charge in [-0.1, -0.05) is 24.4 Å². The van der Waals surface area contributed by atoms with Gasteiger partial charge in [0.15, 0.2) is 0 Å². The smallest absolute Gasteiger partial charge is 0.319 e. The van der Waals surface area contributed by atoms with Crippen molar-refractivity contribution in [3.63, 3.8) is 0 Å². The first kappa shape index (κ1) is 16.0. The van der Waals surface area contributed by atoms with Crippen LogP contribution in [0.2, 0.25) is 5.02 Å². The van der Waals surface area contributed by atoms with Crippen LogP contribution in [0.25, 0.3) is 0 Å². The molecule has 1 aromatic carbocycles. The Bertz CT molecular complexity index is 479. The first-order chi connectivity index (χ1) is 10.1. The number of halogens is 2. The fraction of sp³-hybridized carbons (Fsp3) is 0.533. The normalized spacial score (nSPS) is 15.1. The van der Waals surface area contributed by atoms with E-state index >= 15 is 0 Å². The zero-order chi connectivity index (χ0) is 15.1. The summed E-state index contributed by atoms with van der Waals surface area (Å²) in [6, 6.07) is 3.72. The molecule has 0 spiro atoms. The molecule has 2 amide bonds. The number of rotatable bonds is 6. The molecule has 2 rings (SSSR count). The lowest BCUT2D eigenvalue weighted by atomic mass is 10.3. The topological polar surface area (TPSA) is 50.4 Å². The summed E-state index contributed by atoms with van der Waals surface area (Å²) in [7, 11) is 0. The molecular formula is C15H20ClFN2O2. The Hall–Kier alpha value is -1.33. The highest BCUT2D eigenvalue weighted by Crippen LogP contribution is 2.21. The summed E-state index contributed by atoms with van der Waals surface area (Å²) < 4.78 is 18.7. The second-order valence-corrected chi connectivity index (χ2v) is 5.55. The lowest BCUT2D eigenvalue weighted by Gasteiger charge is -2.11. The molecule has 1 aliphatic carbocycles. The van der Waals surface area contributed by atoms with Crippen molar-refractivity contribution in [2.24, 2.45) is 0 Å². The van der Waals surface area contributed by atoms with E-state index in [1.165, 1.54) is 31.0 Å². The van der Waals surface area contributed by atoms with Gasteiger partial charge in [0.1, 0.15) is 5.82 Å². The Morgan fingerprint density at radius 1 is 1.38 bits per heavy atom. The van der Waals surface area contributed by atoms with Gasteiger partial charge in [0.2, 0.25) is 0 Å². The summed E-state index contributed by atoms with van der Waals surface area (Å²) >= 11 is 5.64. The molecule has 0 radical (unpaired) electrons. The van der Waals surface area contributed by atoms with Gasteiger partial charge in [-0.3, -0.25) is 0 Å². The fourth-order valence-electron chi connectivity index (χ4n) is 2.33. The molecule has 0 unspecified atom stereocenters. The zero-order valence-corrected chi connectivity index (χ0v) is 12.6. The molecular weight excluding hydrogens is 295 g/mol. The molecule has 116 valence electrons. The van der Waals surface area contributed by atoms with Crippen molar-refractivity contribution in [1.29, 1.82) is 0 Å². The molecule has 0 aromatic heterocycles. The van der Waals surface area contributed by atoms with Crippen molar-refractivity contribution in [2.45, 2.75) is 38.2 Å². The standard InChI is InChI=1S/C15H20ClFN2O2/c16-13-10-11(6-7-14(13)17)19-15(20)18-8-3-9-21-12-4-1-2-5-12/h6-7,10,12H,1-5,8-9H2,(H2,18,19,20). The third kappa shape index (κ3) is 5.52. The maximum atomic E-state index is 13.0. The molecule has 0 heterocycles. The number of ether oxygens (including phenoxy) is 1. The van der Waals surface area contributed by atoms with Crippen LogP contribution in [0, 0.1) is 5.82 Å². The number of anilines is 1. The summed E-state index contributed by atoms with van der Waals surface area (Å²) in [5, 5.41) is 5.31. The van der Waals surface area contributed by atoms with Gasteiger partial charge in [0.05, 0.1) is 11.1 Å². The predicted molar refractivity (Wildman–Crippen MR) is 81.3 cm³/mol. The molecule has 1 aliphatic rings. The third-order valence-corrected chi connectivity index (χ3v) is 3.73. The van der Waals surface area contributed by atoms with Gasteiger partial charge in [-0.15, -0.1) is 0 Å². The molecule has 0 saturated heterocycles. The van der Waals surface area contributed by atoms with Crippen LogP contribution in [0.1, 0.15) is 32.1 Å². The molecule has 21 heavy (non-hydrogen) atoms. The monoisotopic (exact) mass is 314 g/mol. The molecule has 1 fully saturated rings. The number of hydrogen-bond donors (Lipinski definition) is 2. The van der Waals surface area contributed by atoms with E-state index in [1.807, 2.05) is 0 Å². The summed E-state index contributed by atoms with van der Waals surface area (Å²) in [5.74, 6) is -0.508. The maximum absolute atomic E-state index is 13.0. The number of nitrogens with one attached hydrogen (secondary N) is 2. The zero-order valence-electron chi connectivity index (χ0n) is 11.8. The summed E-state index contributed by atoms with van der Waals surface area (Å²) in [4.78, 5) is 11.6. The molecule has 1 aromatic rings. The highest BCUT2D eigenvalue weighted by atomic mass is 35.5. The van der Waals surface area contributed by atoms with Gasteiger partial charge in [0, 0.05) is 18.8 Å². The Morgan fingerprint density at radius 2 is 2.14 bits per heavy atom. The van der Waals surface area contributed by atoms with Gasteiger partial charge in [-0.05, 0) is 37.5 Å². The highest BCUT2D eigenvalue weighted by molar-refractivity contribution is 6.31. The van der Waals surface area contributed by atoms with Crippen molar-refractivity contribution in [3.05, 3.63) is 29.0 Å². The minimum Gasteiger partial charge on any atom is -0.378 e. The van der Waals surface area contributed by atoms with E-state index in [-0.39, 0.29) is 11.1 Å². The van der Waals surface area contributed by atoms with Crippen molar-refractivity contribution < 1.29 is 13.9 Å². The van der Waals surface area contributed by atoms with E-state index in [9.17, 15) is 9.18 Å². The van der Waals surface area contributed by atoms with Crippen LogP contribution in [0.4, 0.5) is 14.9 Å². The number of benzene rings is 1. The number of carbonyl (C=O) groups is 1. The summed E-state index contributed by atoms with van der Waals surface area (Å²) in [6.45, 7) is 1.20. The number of urea groups is 1. The second kappa shape index (κ2) is 8.20. The lowest BCUT2D eigenvalue weighted by Crippen LogP contribution is -2.30. The third-order valence-electron chi connectivity index (χ3n) is 3.44. The van der Waals surface area contributed by atoms with Crippen LogP contribution >= 0.6 is 11.6 Å². The minimum absolute atomic E-state index is 0.0160. The number of carbonyl (C=O) groups excluding carboxylic acids is 1. The van der Waals surface area contributed by atoms with Crippen LogP contribution in [-0.4, -0.2) is 25.3 Å². The molecule has 0 aliphatic heterocycles. The van der Waals surface area contributed by atoms with Crippen molar-refractivity contribution >= 4 is 23.3 Å². The molecule has 0 bridgehead atoms. The Morgan fingerprint density at radius 3 is 2.86 bits per heavy atom. The van der Waals surface area contributed by atoms with Crippen LogP contribution in [0.5, 0.6) is 0 Å². The van der Waals surface area contributed by atoms with E-state index in [4.69, 9.17) is 16.3 Å².